The third kappa shape index (κ3) is 6.15. The first-order valence-electron chi connectivity index (χ1n) is 10.5. The van der Waals surface area contributed by atoms with Gasteiger partial charge in [0.25, 0.3) is 0 Å². The maximum absolute atomic E-state index is 12.9. The van der Waals surface area contributed by atoms with Gasteiger partial charge in [0, 0.05) is 29.7 Å². The van der Waals surface area contributed by atoms with E-state index in [0.29, 0.717) is 10.8 Å². The van der Waals surface area contributed by atoms with Crippen molar-refractivity contribution >= 4 is 38.1 Å². The summed E-state index contributed by atoms with van der Waals surface area (Å²) in [6.45, 7) is 2.61. The van der Waals surface area contributed by atoms with Gasteiger partial charge in [0.2, 0.25) is 15.9 Å². The summed E-state index contributed by atoms with van der Waals surface area (Å²) in [6.07, 6.45) is 3.00. The van der Waals surface area contributed by atoms with Crippen molar-refractivity contribution in [1.29, 1.82) is 0 Å². The molecule has 0 bridgehead atoms. The van der Waals surface area contributed by atoms with Crippen LogP contribution in [0.2, 0.25) is 0 Å². The highest BCUT2D eigenvalue weighted by Crippen LogP contribution is 2.27. The lowest BCUT2D eigenvalue weighted by atomic mass is 9.97. The largest absolute Gasteiger partial charge is 0.302 e. The van der Waals surface area contributed by atoms with E-state index < -0.39 is 10.0 Å². The minimum absolute atomic E-state index is 0.0105. The first-order valence-corrected chi connectivity index (χ1v) is 13.2. The molecule has 168 valence electrons. The van der Waals surface area contributed by atoms with E-state index in [-0.39, 0.29) is 11.8 Å². The molecule has 32 heavy (non-hydrogen) atoms. The second-order valence-corrected chi connectivity index (χ2v) is 10.6. The van der Waals surface area contributed by atoms with Gasteiger partial charge in [0.05, 0.1) is 17.9 Å². The van der Waals surface area contributed by atoms with E-state index in [0.717, 1.165) is 50.0 Å². The third-order valence-corrected chi connectivity index (χ3v) is 6.71. The fourth-order valence-electron chi connectivity index (χ4n) is 3.85. The van der Waals surface area contributed by atoms with Crippen LogP contribution in [0.25, 0.3) is 11.3 Å². The van der Waals surface area contributed by atoms with Crippen LogP contribution in [-0.4, -0.2) is 43.6 Å². The Labute approximate surface area is 192 Å². The Morgan fingerprint density at radius 1 is 1.16 bits per heavy atom. The van der Waals surface area contributed by atoms with Crippen LogP contribution >= 0.6 is 11.3 Å². The van der Waals surface area contributed by atoms with Gasteiger partial charge in [-0.1, -0.05) is 42.5 Å². The molecule has 2 N–H and O–H groups in total. The molecule has 2 aromatic carbocycles. The summed E-state index contributed by atoms with van der Waals surface area (Å²) in [6, 6.07) is 17.3. The predicted octanol–water partition coefficient (Wildman–Crippen LogP) is 4.03. The molecule has 2 heterocycles. The molecule has 0 spiro atoms. The number of hydrogen-bond donors (Lipinski definition) is 2. The third-order valence-electron chi connectivity index (χ3n) is 5.34. The average Bonchev–Trinajstić information content (AvgIpc) is 3.22. The topological polar surface area (TPSA) is 91.4 Å². The Bertz CT molecular complexity index is 1160. The molecule has 1 aliphatic rings. The minimum atomic E-state index is -3.31. The molecule has 7 nitrogen and oxygen atoms in total. The van der Waals surface area contributed by atoms with Crippen LogP contribution in [-0.2, 0) is 21.4 Å². The lowest BCUT2D eigenvalue weighted by Crippen LogP contribution is -2.40. The van der Waals surface area contributed by atoms with E-state index >= 15 is 0 Å². The van der Waals surface area contributed by atoms with Crippen molar-refractivity contribution in [3.05, 3.63) is 65.5 Å². The van der Waals surface area contributed by atoms with Crippen LogP contribution in [0.4, 0.5) is 10.8 Å². The van der Waals surface area contributed by atoms with Gasteiger partial charge in [-0.05, 0) is 37.1 Å². The van der Waals surface area contributed by atoms with Gasteiger partial charge in [0.1, 0.15) is 0 Å². The van der Waals surface area contributed by atoms with Gasteiger partial charge in [0.15, 0.2) is 5.13 Å². The second kappa shape index (κ2) is 9.81. The maximum atomic E-state index is 12.9. The summed E-state index contributed by atoms with van der Waals surface area (Å²) in [5.74, 6) is -0.0440. The molecule has 1 aromatic heterocycles. The van der Waals surface area contributed by atoms with Gasteiger partial charge in [-0.25, -0.2) is 13.4 Å². The minimum Gasteiger partial charge on any atom is -0.302 e. The van der Waals surface area contributed by atoms with E-state index in [2.05, 4.69) is 32.1 Å². The molecule has 4 rings (SSSR count). The number of nitrogens with zero attached hydrogens (tertiary/aromatic N) is 2. The molecule has 1 aliphatic heterocycles. The number of benzene rings is 2. The zero-order chi connectivity index (χ0) is 22.6. The number of carbonyl (C=O) groups excluding carboxylic acids is 1. The van der Waals surface area contributed by atoms with Gasteiger partial charge in [-0.2, -0.15) is 0 Å². The van der Waals surface area contributed by atoms with Gasteiger partial charge in [-0.3, -0.25) is 14.4 Å². The fourth-order valence-corrected chi connectivity index (χ4v) is 5.14. The van der Waals surface area contributed by atoms with E-state index in [1.54, 1.807) is 24.3 Å². The predicted molar refractivity (Wildman–Crippen MR) is 129 cm³/mol. The number of anilines is 2. The maximum Gasteiger partial charge on any atom is 0.230 e. The number of carbonyl (C=O) groups is 1. The number of hydrogen-bond acceptors (Lipinski definition) is 6. The number of aromatic nitrogens is 1. The molecule has 0 aliphatic carbocycles. The highest BCUT2D eigenvalue weighted by atomic mass is 32.2. The summed E-state index contributed by atoms with van der Waals surface area (Å²) < 4.78 is 25.1. The van der Waals surface area contributed by atoms with Gasteiger partial charge in [-0.15, -0.1) is 11.3 Å². The van der Waals surface area contributed by atoms with Crippen molar-refractivity contribution in [1.82, 2.24) is 9.88 Å². The summed E-state index contributed by atoms with van der Waals surface area (Å²) >= 11 is 1.39. The van der Waals surface area contributed by atoms with Crippen molar-refractivity contribution in [2.75, 3.05) is 29.4 Å². The molecular weight excluding hydrogens is 444 g/mol. The SMILES string of the molecule is CS(=O)(=O)Nc1ccc(-c2csc(NC(=O)C3CCCN(Cc4ccccc4)C3)n2)cc1. The first kappa shape index (κ1) is 22.4. The van der Waals surface area contributed by atoms with E-state index in [1.807, 2.05) is 23.6 Å². The lowest BCUT2D eigenvalue weighted by Gasteiger charge is -2.31. The number of rotatable bonds is 7. The van der Waals surface area contributed by atoms with Crippen molar-refractivity contribution in [3.8, 4) is 11.3 Å². The molecule has 3 aromatic rings. The number of amides is 1. The molecule has 0 radical (unpaired) electrons. The summed E-state index contributed by atoms with van der Waals surface area (Å²) in [4.78, 5) is 19.7. The molecular formula is C23H26N4O3S2. The molecule has 9 heteroatoms. The molecule has 1 saturated heterocycles. The smallest absolute Gasteiger partial charge is 0.230 e. The van der Waals surface area contributed by atoms with Gasteiger partial charge >= 0.3 is 0 Å². The van der Waals surface area contributed by atoms with E-state index in [9.17, 15) is 13.2 Å². The quantitative estimate of drug-likeness (QED) is 0.544. The molecule has 1 amide bonds. The zero-order valence-electron chi connectivity index (χ0n) is 17.8. The van der Waals surface area contributed by atoms with Crippen LogP contribution in [0.5, 0.6) is 0 Å². The highest BCUT2D eigenvalue weighted by Gasteiger charge is 2.26. The zero-order valence-corrected chi connectivity index (χ0v) is 19.5. The van der Waals surface area contributed by atoms with Crippen molar-refractivity contribution in [2.45, 2.75) is 19.4 Å². The first-order chi connectivity index (χ1) is 15.4. The van der Waals surface area contributed by atoms with Crippen molar-refractivity contribution in [3.63, 3.8) is 0 Å². The Kier molecular flexibility index (Phi) is 6.88. The fraction of sp³-hybridized carbons (Fsp3) is 0.304. The molecule has 1 unspecified atom stereocenters. The Hall–Kier alpha value is -2.75. The Morgan fingerprint density at radius 3 is 2.62 bits per heavy atom. The second-order valence-electron chi connectivity index (χ2n) is 8.04. The lowest BCUT2D eigenvalue weighted by molar-refractivity contribution is -0.121. The van der Waals surface area contributed by atoms with Gasteiger partial charge < -0.3 is 5.32 Å². The van der Waals surface area contributed by atoms with Crippen LogP contribution in [0.3, 0.4) is 0 Å². The van der Waals surface area contributed by atoms with E-state index in [4.69, 9.17) is 0 Å². The molecule has 1 fully saturated rings. The van der Waals surface area contributed by atoms with Crippen molar-refractivity contribution in [2.24, 2.45) is 5.92 Å². The summed E-state index contributed by atoms with van der Waals surface area (Å²) in [7, 11) is -3.31. The van der Waals surface area contributed by atoms with Crippen LogP contribution in [0.15, 0.2) is 60.0 Å². The van der Waals surface area contributed by atoms with E-state index in [1.165, 1.54) is 16.9 Å². The van der Waals surface area contributed by atoms with Crippen LogP contribution in [0, 0.1) is 5.92 Å². The monoisotopic (exact) mass is 470 g/mol. The van der Waals surface area contributed by atoms with Crippen molar-refractivity contribution < 1.29 is 13.2 Å². The Balaban J connectivity index is 1.35. The number of thiazole rings is 1. The van der Waals surface area contributed by atoms with Crippen LogP contribution < -0.4 is 10.0 Å². The highest BCUT2D eigenvalue weighted by molar-refractivity contribution is 7.92. The number of likely N-dealkylation sites (tertiary alicyclic amines) is 1. The molecule has 0 saturated carbocycles. The Morgan fingerprint density at radius 2 is 1.91 bits per heavy atom. The van der Waals surface area contributed by atoms with Crippen LogP contribution in [0.1, 0.15) is 18.4 Å². The number of sulfonamides is 1. The normalized spacial score (nSPS) is 17.1. The molecule has 1 atom stereocenters. The summed E-state index contributed by atoms with van der Waals surface area (Å²) in [5.41, 5.74) is 3.35. The standard InChI is InChI=1S/C23H26N4O3S2/c1-32(29,30)26-20-11-9-18(10-12-20)21-16-31-23(24-21)25-22(28)19-8-5-13-27(15-19)14-17-6-3-2-4-7-17/h2-4,6-7,9-12,16,19,26H,5,8,13-15H2,1H3,(H,24,25,28). The number of nitrogens with one attached hydrogen (secondary N) is 2. The summed E-state index contributed by atoms with van der Waals surface area (Å²) in [5, 5.41) is 5.44. The number of piperidine rings is 1. The average molecular weight is 471 g/mol.